The molecule has 7 heteroatoms. The molecule has 0 aliphatic heterocycles. The maximum absolute atomic E-state index is 13.1. The molecule has 0 aliphatic rings. The van der Waals surface area contributed by atoms with Gasteiger partial charge in [0.25, 0.3) is 0 Å². The number of thioether (sulfide) groups is 1. The molecule has 2 aromatic rings. The quantitative estimate of drug-likeness (QED) is 0.874. The number of hydrogen-bond acceptors (Lipinski definition) is 4. The van der Waals surface area contributed by atoms with E-state index in [2.05, 4.69) is 10.2 Å². The van der Waals surface area contributed by atoms with Crippen LogP contribution in [-0.2, 0) is 7.05 Å². The largest absolute Gasteiger partial charge is 0.323 e. The maximum atomic E-state index is 13.1. The monoisotopic (exact) mass is 284 g/mol. The minimum Gasteiger partial charge on any atom is -0.323 e. The van der Waals surface area contributed by atoms with Crippen LogP contribution in [0.25, 0.3) is 0 Å². The Balaban J connectivity index is 2.03. The van der Waals surface area contributed by atoms with Crippen molar-refractivity contribution in [2.45, 2.75) is 18.1 Å². The molecule has 0 saturated carbocycles. The number of aromatic nitrogens is 3. The zero-order chi connectivity index (χ0) is 14.0. The standard InChI is InChI=1S/C12H14F2N4S/c1-7-16-17-12(18(7)2)19-6-11(15)8-3-4-9(13)10(14)5-8/h3-5,11H,6,15H2,1-2H3. The second-order valence-corrected chi connectivity index (χ2v) is 5.17. The van der Waals surface area contributed by atoms with Crippen molar-refractivity contribution in [2.75, 3.05) is 5.75 Å². The van der Waals surface area contributed by atoms with Crippen LogP contribution in [0, 0.1) is 18.6 Å². The van der Waals surface area contributed by atoms with Gasteiger partial charge in [-0.15, -0.1) is 10.2 Å². The lowest BCUT2D eigenvalue weighted by Crippen LogP contribution is -2.14. The first kappa shape index (κ1) is 14.0. The number of halogens is 2. The van der Waals surface area contributed by atoms with Gasteiger partial charge >= 0.3 is 0 Å². The molecule has 1 heterocycles. The van der Waals surface area contributed by atoms with Crippen molar-refractivity contribution in [3.05, 3.63) is 41.2 Å². The van der Waals surface area contributed by atoms with Gasteiger partial charge in [0.15, 0.2) is 16.8 Å². The third kappa shape index (κ3) is 3.10. The highest BCUT2D eigenvalue weighted by Crippen LogP contribution is 2.23. The van der Waals surface area contributed by atoms with Gasteiger partial charge in [0.2, 0.25) is 0 Å². The van der Waals surface area contributed by atoms with Crippen LogP contribution in [0.1, 0.15) is 17.4 Å². The van der Waals surface area contributed by atoms with E-state index in [-0.39, 0.29) is 0 Å². The number of hydrogen-bond donors (Lipinski definition) is 1. The number of nitrogens with two attached hydrogens (primary N) is 1. The molecule has 0 saturated heterocycles. The zero-order valence-electron chi connectivity index (χ0n) is 10.6. The SMILES string of the molecule is Cc1nnc(SCC(N)c2ccc(F)c(F)c2)n1C. The topological polar surface area (TPSA) is 56.7 Å². The average molecular weight is 284 g/mol. The molecule has 0 bridgehead atoms. The minimum atomic E-state index is -0.882. The molecule has 2 N–H and O–H groups in total. The molecule has 0 aliphatic carbocycles. The number of nitrogens with zero attached hydrogens (tertiary/aromatic N) is 3. The van der Waals surface area contributed by atoms with Gasteiger partial charge in [0.1, 0.15) is 5.82 Å². The number of rotatable bonds is 4. The molecule has 1 aromatic heterocycles. The van der Waals surface area contributed by atoms with E-state index >= 15 is 0 Å². The molecule has 2 rings (SSSR count). The molecule has 19 heavy (non-hydrogen) atoms. The fourth-order valence-electron chi connectivity index (χ4n) is 1.52. The Labute approximate surface area is 114 Å². The molecule has 0 radical (unpaired) electrons. The molecule has 0 fully saturated rings. The summed E-state index contributed by atoms with van der Waals surface area (Å²) in [6.07, 6.45) is 0. The minimum absolute atomic E-state index is 0.392. The third-order valence-electron chi connectivity index (χ3n) is 2.82. The van der Waals surface area contributed by atoms with Crippen molar-refractivity contribution in [2.24, 2.45) is 12.8 Å². The highest BCUT2D eigenvalue weighted by atomic mass is 32.2. The van der Waals surface area contributed by atoms with Gasteiger partial charge in [-0.05, 0) is 24.6 Å². The highest BCUT2D eigenvalue weighted by Gasteiger charge is 2.12. The lowest BCUT2D eigenvalue weighted by Gasteiger charge is -2.11. The Hall–Kier alpha value is -1.47. The van der Waals surface area contributed by atoms with Crippen molar-refractivity contribution < 1.29 is 8.78 Å². The van der Waals surface area contributed by atoms with Gasteiger partial charge in [-0.1, -0.05) is 17.8 Å². The Kier molecular flexibility index (Phi) is 4.16. The van der Waals surface area contributed by atoms with Crippen molar-refractivity contribution in [3.63, 3.8) is 0 Å². The van der Waals surface area contributed by atoms with Gasteiger partial charge < -0.3 is 10.3 Å². The third-order valence-corrected chi connectivity index (χ3v) is 3.96. The van der Waals surface area contributed by atoms with E-state index < -0.39 is 17.7 Å². The van der Waals surface area contributed by atoms with E-state index in [1.54, 1.807) is 0 Å². The van der Waals surface area contributed by atoms with Gasteiger partial charge in [0.05, 0.1) is 0 Å². The zero-order valence-corrected chi connectivity index (χ0v) is 11.4. The number of aryl methyl sites for hydroxylation is 1. The first-order chi connectivity index (χ1) is 8.99. The first-order valence-electron chi connectivity index (χ1n) is 5.68. The van der Waals surface area contributed by atoms with E-state index in [1.807, 2.05) is 18.5 Å². The van der Waals surface area contributed by atoms with Crippen LogP contribution >= 0.6 is 11.8 Å². The summed E-state index contributed by atoms with van der Waals surface area (Å²) in [6, 6.07) is 3.31. The summed E-state index contributed by atoms with van der Waals surface area (Å²) in [5.41, 5.74) is 6.51. The molecule has 1 unspecified atom stereocenters. The van der Waals surface area contributed by atoms with E-state index in [4.69, 9.17) is 5.73 Å². The van der Waals surface area contributed by atoms with Crippen molar-refractivity contribution in [3.8, 4) is 0 Å². The Morgan fingerprint density at radius 3 is 2.63 bits per heavy atom. The molecule has 1 aromatic carbocycles. The normalized spacial score (nSPS) is 12.7. The lowest BCUT2D eigenvalue weighted by molar-refractivity contribution is 0.506. The molecule has 0 spiro atoms. The summed E-state index contributed by atoms with van der Waals surface area (Å²) >= 11 is 1.43. The second-order valence-electron chi connectivity index (χ2n) is 4.18. The van der Waals surface area contributed by atoms with Crippen molar-refractivity contribution in [1.29, 1.82) is 0 Å². The van der Waals surface area contributed by atoms with Gasteiger partial charge in [-0.25, -0.2) is 8.78 Å². The second kappa shape index (κ2) is 5.66. The fraction of sp³-hybridized carbons (Fsp3) is 0.333. The van der Waals surface area contributed by atoms with Gasteiger partial charge in [-0.2, -0.15) is 0 Å². The highest BCUT2D eigenvalue weighted by molar-refractivity contribution is 7.99. The predicted molar refractivity (Wildman–Crippen MR) is 69.8 cm³/mol. The molecule has 4 nitrogen and oxygen atoms in total. The summed E-state index contributed by atoms with van der Waals surface area (Å²) in [4.78, 5) is 0. The molecule has 0 amide bonds. The summed E-state index contributed by atoms with van der Waals surface area (Å²) in [6.45, 7) is 1.85. The van der Waals surface area contributed by atoms with Crippen LogP contribution in [0.2, 0.25) is 0 Å². The van der Waals surface area contributed by atoms with Crippen LogP contribution in [0.15, 0.2) is 23.4 Å². The van der Waals surface area contributed by atoms with E-state index in [0.717, 1.165) is 23.1 Å². The predicted octanol–water partition coefficient (Wildman–Crippen LogP) is 2.19. The average Bonchev–Trinajstić information content (AvgIpc) is 2.70. The summed E-state index contributed by atoms with van der Waals surface area (Å²) < 4.78 is 27.8. The summed E-state index contributed by atoms with van der Waals surface area (Å²) in [5.74, 6) is -0.430. The van der Waals surface area contributed by atoms with Crippen LogP contribution < -0.4 is 5.73 Å². The summed E-state index contributed by atoms with van der Waals surface area (Å²) in [7, 11) is 1.86. The van der Waals surface area contributed by atoms with Crippen LogP contribution in [-0.4, -0.2) is 20.5 Å². The van der Waals surface area contributed by atoms with E-state index in [1.165, 1.54) is 17.8 Å². The maximum Gasteiger partial charge on any atom is 0.191 e. The molecule has 102 valence electrons. The van der Waals surface area contributed by atoms with Crippen LogP contribution in [0.5, 0.6) is 0 Å². The Morgan fingerprint density at radius 2 is 2.05 bits per heavy atom. The van der Waals surface area contributed by atoms with E-state index in [9.17, 15) is 8.78 Å². The molecular weight excluding hydrogens is 270 g/mol. The lowest BCUT2D eigenvalue weighted by atomic mass is 10.1. The van der Waals surface area contributed by atoms with Crippen molar-refractivity contribution >= 4 is 11.8 Å². The number of benzene rings is 1. The fourth-order valence-corrected chi connectivity index (χ4v) is 2.46. The smallest absolute Gasteiger partial charge is 0.191 e. The Morgan fingerprint density at radius 1 is 1.32 bits per heavy atom. The van der Waals surface area contributed by atoms with Crippen LogP contribution in [0.3, 0.4) is 0 Å². The van der Waals surface area contributed by atoms with Gasteiger partial charge in [-0.3, -0.25) is 0 Å². The Bertz CT molecular complexity index is 585. The first-order valence-corrected chi connectivity index (χ1v) is 6.67. The summed E-state index contributed by atoms with van der Waals surface area (Å²) in [5, 5.41) is 8.68. The van der Waals surface area contributed by atoms with Gasteiger partial charge in [0, 0.05) is 18.8 Å². The van der Waals surface area contributed by atoms with E-state index in [0.29, 0.717) is 11.3 Å². The molecule has 1 atom stereocenters. The molecular formula is C12H14F2N4S. The van der Waals surface area contributed by atoms with Crippen molar-refractivity contribution in [1.82, 2.24) is 14.8 Å². The van der Waals surface area contributed by atoms with Crippen LogP contribution in [0.4, 0.5) is 8.78 Å².